The van der Waals surface area contributed by atoms with Gasteiger partial charge in [0, 0.05) is 5.56 Å². The highest BCUT2D eigenvalue weighted by Gasteiger charge is 2.14. The Balaban J connectivity index is 2.77. The number of nitrogen functional groups attached to an aromatic ring is 1. The highest BCUT2D eigenvalue weighted by atomic mass is 35.5. The van der Waals surface area contributed by atoms with E-state index in [2.05, 4.69) is 0 Å². The summed E-state index contributed by atoms with van der Waals surface area (Å²) in [6, 6.07) is 5.25. The number of hydrogen-bond donors (Lipinski definition) is 1. The summed E-state index contributed by atoms with van der Waals surface area (Å²) < 4.78 is 26.7. The largest absolute Gasteiger partial charge is 0.397 e. The van der Waals surface area contributed by atoms with E-state index in [4.69, 9.17) is 17.3 Å². The highest BCUT2D eigenvalue weighted by Crippen LogP contribution is 2.36. The van der Waals surface area contributed by atoms with Gasteiger partial charge in [-0.3, -0.25) is 0 Å². The van der Waals surface area contributed by atoms with Crippen LogP contribution in [0, 0.1) is 25.5 Å². The van der Waals surface area contributed by atoms with Crippen LogP contribution in [0.2, 0.25) is 5.02 Å². The predicted molar refractivity (Wildman–Crippen MR) is 70.7 cm³/mol. The Morgan fingerprint density at radius 1 is 0.944 bits per heavy atom. The molecule has 0 saturated carbocycles. The Morgan fingerprint density at radius 2 is 1.44 bits per heavy atom. The number of hydrogen-bond acceptors (Lipinski definition) is 1. The number of benzene rings is 2. The van der Waals surface area contributed by atoms with Crippen LogP contribution in [0.4, 0.5) is 14.5 Å². The van der Waals surface area contributed by atoms with Gasteiger partial charge < -0.3 is 5.73 Å². The van der Waals surface area contributed by atoms with Gasteiger partial charge in [-0.15, -0.1) is 0 Å². The van der Waals surface area contributed by atoms with E-state index in [1.165, 1.54) is 18.2 Å². The molecule has 0 aliphatic carbocycles. The second-order valence-corrected chi connectivity index (χ2v) is 4.67. The molecule has 0 atom stereocenters. The first-order valence-corrected chi connectivity index (χ1v) is 5.79. The summed E-state index contributed by atoms with van der Waals surface area (Å²) in [5.41, 5.74) is 8.77. The summed E-state index contributed by atoms with van der Waals surface area (Å²) in [7, 11) is 0. The van der Waals surface area contributed by atoms with Crippen molar-refractivity contribution in [3.8, 4) is 11.1 Å². The minimum atomic E-state index is -0.465. The van der Waals surface area contributed by atoms with Crippen molar-refractivity contribution < 1.29 is 8.78 Å². The molecule has 18 heavy (non-hydrogen) atoms. The molecule has 94 valence electrons. The fourth-order valence-electron chi connectivity index (χ4n) is 2.13. The number of halogens is 3. The van der Waals surface area contributed by atoms with Gasteiger partial charge in [-0.25, -0.2) is 8.78 Å². The standard InChI is InChI=1S/C14H12ClF2N/c1-7-3-9(16)4-8(2)13(7)11-5-10(17)6-12(15)14(11)18/h3-6H,18H2,1-2H3. The van der Waals surface area contributed by atoms with E-state index in [0.717, 1.165) is 11.6 Å². The maximum atomic E-state index is 13.4. The lowest BCUT2D eigenvalue weighted by Crippen LogP contribution is -1.97. The van der Waals surface area contributed by atoms with Gasteiger partial charge in [0.25, 0.3) is 0 Å². The summed E-state index contributed by atoms with van der Waals surface area (Å²) in [5.74, 6) is -0.790. The molecule has 0 saturated heterocycles. The molecule has 0 radical (unpaired) electrons. The molecule has 0 fully saturated rings. The Morgan fingerprint density at radius 3 is 2.00 bits per heavy atom. The van der Waals surface area contributed by atoms with Crippen LogP contribution in [0.5, 0.6) is 0 Å². The summed E-state index contributed by atoms with van der Waals surface area (Å²) in [5, 5.41) is 0.160. The van der Waals surface area contributed by atoms with Gasteiger partial charge in [0.05, 0.1) is 10.7 Å². The summed E-state index contributed by atoms with van der Waals surface area (Å²) in [6.45, 7) is 3.51. The Kier molecular flexibility index (Phi) is 3.26. The number of aryl methyl sites for hydroxylation is 2. The van der Waals surface area contributed by atoms with E-state index >= 15 is 0 Å². The van der Waals surface area contributed by atoms with Crippen LogP contribution in [-0.4, -0.2) is 0 Å². The molecule has 2 rings (SSSR count). The van der Waals surface area contributed by atoms with E-state index < -0.39 is 5.82 Å². The van der Waals surface area contributed by atoms with Gasteiger partial charge in [-0.1, -0.05) is 11.6 Å². The molecule has 0 bridgehead atoms. The van der Waals surface area contributed by atoms with Crippen LogP contribution in [-0.2, 0) is 0 Å². The second kappa shape index (κ2) is 4.58. The Labute approximate surface area is 109 Å². The monoisotopic (exact) mass is 267 g/mol. The average molecular weight is 268 g/mol. The zero-order valence-electron chi connectivity index (χ0n) is 10.0. The molecule has 0 aromatic heterocycles. The molecule has 2 aromatic rings. The van der Waals surface area contributed by atoms with E-state index in [9.17, 15) is 8.78 Å². The molecular formula is C14H12ClF2N. The lowest BCUT2D eigenvalue weighted by atomic mass is 9.94. The van der Waals surface area contributed by atoms with E-state index in [0.29, 0.717) is 22.4 Å². The molecule has 0 heterocycles. The normalized spacial score (nSPS) is 10.7. The lowest BCUT2D eigenvalue weighted by molar-refractivity contribution is 0.625. The average Bonchev–Trinajstić information content (AvgIpc) is 2.23. The van der Waals surface area contributed by atoms with Crippen LogP contribution in [0.15, 0.2) is 24.3 Å². The maximum absolute atomic E-state index is 13.4. The molecule has 0 aliphatic rings. The van der Waals surface area contributed by atoms with Crippen molar-refractivity contribution >= 4 is 17.3 Å². The van der Waals surface area contributed by atoms with Crippen LogP contribution in [0.25, 0.3) is 11.1 Å². The predicted octanol–water partition coefficient (Wildman–Crippen LogP) is 4.48. The van der Waals surface area contributed by atoms with Gasteiger partial charge in [0.15, 0.2) is 0 Å². The second-order valence-electron chi connectivity index (χ2n) is 4.26. The first kappa shape index (κ1) is 12.8. The molecular weight excluding hydrogens is 256 g/mol. The zero-order chi connectivity index (χ0) is 13.4. The minimum Gasteiger partial charge on any atom is -0.397 e. The minimum absolute atomic E-state index is 0.160. The first-order valence-electron chi connectivity index (χ1n) is 5.42. The van der Waals surface area contributed by atoms with Crippen molar-refractivity contribution in [1.29, 1.82) is 0 Å². The highest BCUT2D eigenvalue weighted by molar-refractivity contribution is 6.33. The smallest absolute Gasteiger partial charge is 0.125 e. The van der Waals surface area contributed by atoms with Gasteiger partial charge in [0.1, 0.15) is 11.6 Å². The Hall–Kier alpha value is -1.61. The summed E-state index contributed by atoms with van der Waals surface area (Å²) >= 11 is 5.87. The van der Waals surface area contributed by atoms with Crippen LogP contribution in [0.1, 0.15) is 11.1 Å². The maximum Gasteiger partial charge on any atom is 0.125 e. The van der Waals surface area contributed by atoms with Gasteiger partial charge in [0.2, 0.25) is 0 Å². The van der Waals surface area contributed by atoms with Gasteiger partial charge >= 0.3 is 0 Å². The third-order valence-corrected chi connectivity index (χ3v) is 3.17. The molecule has 2 aromatic carbocycles. The quantitative estimate of drug-likeness (QED) is 0.757. The van der Waals surface area contributed by atoms with Crippen LogP contribution in [0.3, 0.4) is 0 Å². The van der Waals surface area contributed by atoms with Crippen molar-refractivity contribution in [1.82, 2.24) is 0 Å². The third kappa shape index (κ3) is 2.18. The van der Waals surface area contributed by atoms with Crippen LogP contribution < -0.4 is 5.73 Å². The van der Waals surface area contributed by atoms with Crippen molar-refractivity contribution in [3.63, 3.8) is 0 Å². The van der Waals surface area contributed by atoms with Crippen LogP contribution >= 0.6 is 11.6 Å². The zero-order valence-corrected chi connectivity index (χ0v) is 10.8. The Bertz CT molecular complexity index is 600. The van der Waals surface area contributed by atoms with Crippen molar-refractivity contribution in [3.05, 3.63) is 52.0 Å². The van der Waals surface area contributed by atoms with Crippen molar-refractivity contribution in [2.24, 2.45) is 0 Å². The molecule has 4 heteroatoms. The summed E-state index contributed by atoms with van der Waals surface area (Å²) in [6.07, 6.45) is 0. The fourth-order valence-corrected chi connectivity index (χ4v) is 2.33. The molecule has 1 nitrogen and oxygen atoms in total. The molecule has 2 N–H and O–H groups in total. The number of anilines is 1. The lowest BCUT2D eigenvalue weighted by Gasteiger charge is -2.14. The van der Waals surface area contributed by atoms with E-state index in [-0.39, 0.29) is 10.8 Å². The van der Waals surface area contributed by atoms with Crippen molar-refractivity contribution in [2.75, 3.05) is 5.73 Å². The van der Waals surface area contributed by atoms with E-state index in [1.807, 2.05) is 0 Å². The molecule has 0 amide bonds. The van der Waals surface area contributed by atoms with Gasteiger partial charge in [-0.2, -0.15) is 0 Å². The fraction of sp³-hybridized carbons (Fsp3) is 0.143. The molecule has 0 aliphatic heterocycles. The number of rotatable bonds is 1. The topological polar surface area (TPSA) is 26.0 Å². The third-order valence-electron chi connectivity index (χ3n) is 2.86. The summed E-state index contributed by atoms with van der Waals surface area (Å²) in [4.78, 5) is 0. The first-order chi connectivity index (χ1) is 8.40. The van der Waals surface area contributed by atoms with Gasteiger partial charge in [-0.05, 0) is 54.8 Å². The molecule has 0 spiro atoms. The molecule has 0 unspecified atom stereocenters. The van der Waals surface area contributed by atoms with Crippen molar-refractivity contribution in [2.45, 2.75) is 13.8 Å². The number of nitrogens with two attached hydrogens (primary N) is 1. The van der Waals surface area contributed by atoms with E-state index in [1.54, 1.807) is 13.8 Å². The SMILES string of the molecule is Cc1cc(F)cc(C)c1-c1cc(F)cc(Cl)c1N.